The average Bonchev–Trinajstić information content (AvgIpc) is 3.83. The first kappa shape index (κ1) is 35.5. The number of nitrogens with zero attached hydrogens (tertiary/aromatic N) is 2. The molecule has 2 atom stereocenters. The van der Waals surface area contributed by atoms with Gasteiger partial charge in [0.15, 0.2) is 0 Å². The second-order valence-electron chi connectivity index (χ2n) is 16.6. The lowest BCUT2D eigenvalue weighted by molar-refractivity contribution is 0.457. The van der Waals surface area contributed by atoms with Gasteiger partial charge in [0, 0.05) is 33.3 Å². The predicted molar refractivity (Wildman–Crippen MR) is 257 cm³/mol. The predicted octanol–water partition coefficient (Wildman–Crippen LogP) is 15.6. The van der Waals surface area contributed by atoms with Crippen molar-refractivity contribution in [2.75, 3.05) is 4.90 Å². The third-order valence-electron chi connectivity index (χ3n) is 13.5. The second-order valence-corrected chi connectivity index (χ2v) is 16.6. The minimum absolute atomic E-state index is 0.234. The Balaban J connectivity index is 1.21. The van der Waals surface area contributed by atoms with E-state index < -0.39 is 0 Å². The summed E-state index contributed by atoms with van der Waals surface area (Å²) in [5.41, 5.74) is 15.8. The van der Waals surface area contributed by atoms with Crippen LogP contribution in [0.15, 0.2) is 225 Å². The molecule has 8 aromatic carbocycles. The zero-order valence-corrected chi connectivity index (χ0v) is 34.0. The van der Waals surface area contributed by atoms with Gasteiger partial charge in [-0.2, -0.15) is 0 Å². The van der Waals surface area contributed by atoms with Gasteiger partial charge in [0.2, 0.25) is 0 Å². The molecule has 1 aromatic heterocycles. The Morgan fingerprint density at radius 2 is 1.26 bits per heavy atom. The lowest BCUT2D eigenvalue weighted by Crippen LogP contribution is -2.35. The summed E-state index contributed by atoms with van der Waals surface area (Å²) >= 11 is 0. The molecule has 0 amide bonds. The van der Waals surface area contributed by atoms with Crippen LogP contribution in [-0.4, -0.2) is 4.57 Å². The zero-order chi connectivity index (χ0) is 40.3. The van der Waals surface area contributed by atoms with Crippen LogP contribution in [0.4, 0.5) is 17.1 Å². The van der Waals surface area contributed by atoms with Crippen molar-refractivity contribution < 1.29 is 0 Å². The molecule has 0 saturated carbocycles. The van der Waals surface area contributed by atoms with E-state index >= 15 is 0 Å². The molecule has 0 radical (unpaired) electrons. The van der Waals surface area contributed by atoms with Gasteiger partial charge in [-0.05, 0) is 106 Å². The minimum atomic E-state index is -0.388. The van der Waals surface area contributed by atoms with Crippen LogP contribution in [0.3, 0.4) is 0 Å². The van der Waals surface area contributed by atoms with Gasteiger partial charge in [0.05, 0.1) is 27.8 Å². The van der Waals surface area contributed by atoms with E-state index in [0.29, 0.717) is 0 Å². The van der Waals surface area contributed by atoms with E-state index in [2.05, 4.69) is 234 Å². The Hall–Kier alpha value is -7.42. The number of allylic oxidation sites excluding steroid dienone is 8. The summed E-state index contributed by atoms with van der Waals surface area (Å²) in [5.74, 6) is 0.234. The fourth-order valence-electron chi connectivity index (χ4n) is 11.0. The highest BCUT2D eigenvalue weighted by Gasteiger charge is 2.50. The maximum absolute atomic E-state index is 2.59. The maximum atomic E-state index is 2.59. The molecule has 9 aromatic rings. The van der Waals surface area contributed by atoms with E-state index in [-0.39, 0.29) is 11.3 Å². The SMILES string of the molecule is C1=CCC(C2(c3ccccc3)c3ccccc3-c3c(N(c4ccc5c6ccccc6n(-c6ccccc6)c5c4)c4ccc5ccccc5c4C4=CCCC=C4)cccc32)C=C1. The van der Waals surface area contributed by atoms with Gasteiger partial charge in [-0.15, -0.1) is 0 Å². The first-order valence-corrected chi connectivity index (χ1v) is 21.7. The van der Waals surface area contributed by atoms with Gasteiger partial charge in [-0.3, -0.25) is 0 Å². The summed E-state index contributed by atoms with van der Waals surface area (Å²) in [6, 6.07) is 68.0. The fraction of sp³-hybridized carbons (Fsp3) is 0.0847. The highest BCUT2D eigenvalue weighted by Crippen LogP contribution is 2.61. The highest BCUT2D eigenvalue weighted by molar-refractivity contribution is 6.12. The normalized spacial score (nSPS) is 17.8. The number of para-hydroxylation sites is 2. The summed E-state index contributed by atoms with van der Waals surface area (Å²) < 4.78 is 2.44. The number of anilines is 3. The Bertz CT molecular complexity index is 3290. The van der Waals surface area contributed by atoms with Crippen molar-refractivity contribution in [1.82, 2.24) is 4.57 Å². The summed E-state index contributed by atoms with van der Waals surface area (Å²) in [4.78, 5) is 2.59. The number of aromatic nitrogens is 1. The molecule has 3 aliphatic rings. The number of hydrogen-bond donors (Lipinski definition) is 0. The molecular weight excluding hydrogens is 737 g/mol. The van der Waals surface area contributed by atoms with Crippen LogP contribution in [-0.2, 0) is 5.41 Å². The van der Waals surface area contributed by atoms with Gasteiger partial charge < -0.3 is 9.47 Å². The maximum Gasteiger partial charge on any atom is 0.0561 e. The highest BCUT2D eigenvalue weighted by atomic mass is 15.2. The molecule has 0 bridgehead atoms. The molecule has 0 fully saturated rings. The summed E-state index contributed by atoms with van der Waals surface area (Å²) in [6.45, 7) is 0. The van der Waals surface area contributed by atoms with Crippen molar-refractivity contribution in [3.8, 4) is 16.8 Å². The van der Waals surface area contributed by atoms with Crippen molar-refractivity contribution in [3.63, 3.8) is 0 Å². The molecule has 0 spiro atoms. The molecular formula is C59H44N2. The van der Waals surface area contributed by atoms with Crippen LogP contribution in [0.5, 0.6) is 0 Å². The standard InChI is InChI=1S/C59H44N2/c1-5-21-42(22-6-1)57-47-29-14-13-20-41(47)36-39-55(57)61(46-37-38-49-48-30-16-18-34-53(48)60(56(49)40-46)45-27-11-4-12-28-45)54-35-19-33-52-58(54)50-31-15-17-32-51(50)59(52,43-23-7-2-8-24-43)44-25-9-3-10-26-44/h2-5,7-25,27-40,44H,1,6,26H2. The van der Waals surface area contributed by atoms with E-state index in [9.17, 15) is 0 Å². The number of fused-ring (bicyclic) bond motifs is 7. The van der Waals surface area contributed by atoms with Crippen molar-refractivity contribution in [2.45, 2.75) is 24.7 Å². The molecule has 2 nitrogen and oxygen atoms in total. The average molecular weight is 781 g/mol. The molecule has 2 unspecified atom stereocenters. The third kappa shape index (κ3) is 5.42. The molecule has 3 aliphatic carbocycles. The lowest BCUT2D eigenvalue weighted by Gasteiger charge is -2.40. The van der Waals surface area contributed by atoms with Crippen molar-refractivity contribution in [2.24, 2.45) is 5.92 Å². The molecule has 12 rings (SSSR count). The van der Waals surface area contributed by atoms with Gasteiger partial charge >= 0.3 is 0 Å². The number of rotatable bonds is 7. The quantitative estimate of drug-likeness (QED) is 0.156. The van der Waals surface area contributed by atoms with Crippen molar-refractivity contribution in [1.29, 1.82) is 0 Å². The largest absolute Gasteiger partial charge is 0.309 e. The summed E-state index contributed by atoms with van der Waals surface area (Å²) in [7, 11) is 0. The fourth-order valence-corrected chi connectivity index (χ4v) is 11.0. The molecule has 0 N–H and O–H groups in total. The van der Waals surface area contributed by atoms with Gasteiger partial charge in [-0.25, -0.2) is 0 Å². The second kappa shape index (κ2) is 14.4. The zero-order valence-electron chi connectivity index (χ0n) is 34.0. The summed E-state index contributed by atoms with van der Waals surface area (Å²) in [5, 5.41) is 4.99. The van der Waals surface area contributed by atoms with Crippen molar-refractivity contribution >= 4 is 55.2 Å². The summed E-state index contributed by atoms with van der Waals surface area (Å²) in [6.07, 6.45) is 19.4. The van der Waals surface area contributed by atoms with Gasteiger partial charge in [0.25, 0.3) is 0 Å². The van der Waals surface area contributed by atoms with Crippen LogP contribution in [0.2, 0.25) is 0 Å². The van der Waals surface area contributed by atoms with E-state index in [1.54, 1.807) is 0 Å². The third-order valence-corrected chi connectivity index (χ3v) is 13.5. The van der Waals surface area contributed by atoms with Gasteiger partial charge in [0.1, 0.15) is 0 Å². The molecule has 0 saturated heterocycles. The topological polar surface area (TPSA) is 8.17 Å². The first-order chi connectivity index (χ1) is 30.3. The van der Waals surface area contributed by atoms with Crippen molar-refractivity contribution in [3.05, 3.63) is 247 Å². The van der Waals surface area contributed by atoms with Crippen LogP contribution in [0.1, 0.15) is 41.5 Å². The molecule has 0 aliphatic heterocycles. The van der Waals surface area contributed by atoms with E-state index in [4.69, 9.17) is 0 Å². The molecule has 2 heteroatoms. The van der Waals surface area contributed by atoms with Gasteiger partial charge in [-0.1, -0.05) is 182 Å². The van der Waals surface area contributed by atoms with E-state index in [0.717, 1.165) is 30.6 Å². The smallest absolute Gasteiger partial charge is 0.0561 e. The Morgan fingerprint density at radius 1 is 0.525 bits per heavy atom. The first-order valence-electron chi connectivity index (χ1n) is 21.7. The van der Waals surface area contributed by atoms with Crippen LogP contribution in [0, 0.1) is 5.92 Å². The lowest BCUT2D eigenvalue weighted by atomic mass is 9.62. The van der Waals surface area contributed by atoms with Crippen LogP contribution in [0.25, 0.3) is 55.0 Å². The number of benzene rings is 8. The van der Waals surface area contributed by atoms with Crippen LogP contribution < -0.4 is 4.90 Å². The molecule has 61 heavy (non-hydrogen) atoms. The molecule has 290 valence electrons. The van der Waals surface area contributed by atoms with Crippen LogP contribution >= 0.6 is 0 Å². The number of hydrogen-bond acceptors (Lipinski definition) is 1. The minimum Gasteiger partial charge on any atom is -0.309 e. The monoisotopic (exact) mass is 780 g/mol. The Labute approximate surface area is 357 Å². The Kier molecular flexibility index (Phi) is 8.38. The molecule has 1 heterocycles. The van der Waals surface area contributed by atoms with E-state index in [1.807, 2.05) is 0 Å². The Morgan fingerprint density at radius 3 is 2.10 bits per heavy atom. The van der Waals surface area contributed by atoms with E-state index in [1.165, 1.54) is 82.9 Å².